The zero-order valence-electron chi connectivity index (χ0n) is 9.23. The summed E-state index contributed by atoms with van der Waals surface area (Å²) >= 11 is 0. The van der Waals surface area contributed by atoms with E-state index in [1.54, 1.807) is 0 Å². The fourth-order valence-corrected chi connectivity index (χ4v) is 1.74. The summed E-state index contributed by atoms with van der Waals surface area (Å²) in [4.78, 5) is 20.2. The number of H-pyrrole nitrogens is 1. The van der Waals surface area contributed by atoms with Crippen LogP contribution < -0.4 is 15.2 Å². The molecule has 0 aliphatic carbocycles. The van der Waals surface area contributed by atoms with E-state index in [1.165, 1.54) is 13.4 Å². The second-order valence-corrected chi connectivity index (χ2v) is 3.54. The smallest absolute Gasteiger partial charge is 0.295 e. The minimum absolute atomic E-state index is 0.252. The zero-order valence-corrected chi connectivity index (χ0v) is 9.23. The van der Waals surface area contributed by atoms with Crippen molar-refractivity contribution >= 4 is 5.82 Å². The van der Waals surface area contributed by atoms with Gasteiger partial charge in [0, 0.05) is 19.7 Å². The maximum atomic E-state index is 11.5. The Morgan fingerprint density at radius 2 is 2.38 bits per heavy atom. The van der Waals surface area contributed by atoms with Crippen LogP contribution in [-0.2, 0) is 4.74 Å². The second kappa shape index (κ2) is 4.98. The van der Waals surface area contributed by atoms with Gasteiger partial charge in [-0.05, 0) is 6.42 Å². The number of nitrogens with one attached hydrogen (secondary N) is 1. The summed E-state index contributed by atoms with van der Waals surface area (Å²) < 4.78 is 10.4. The quantitative estimate of drug-likeness (QED) is 0.767. The summed E-state index contributed by atoms with van der Waals surface area (Å²) in [5, 5.41) is 0. The number of aromatic nitrogens is 2. The molecule has 88 valence electrons. The third kappa shape index (κ3) is 2.16. The van der Waals surface area contributed by atoms with E-state index in [4.69, 9.17) is 9.47 Å². The van der Waals surface area contributed by atoms with Gasteiger partial charge in [0.2, 0.25) is 5.75 Å². The van der Waals surface area contributed by atoms with Crippen molar-refractivity contribution in [1.82, 2.24) is 9.97 Å². The first-order valence-electron chi connectivity index (χ1n) is 5.27. The van der Waals surface area contributed by atoms with Crippen molar-refractivity contribution in [3.05, 3.63) is 16.7 Å². The Hall–Kier alpha value is -1.56. The molecule has 6 nitrogen and oxygen atoms in total. The van der Waals surface area contributed by atoms with Crippen molar-refractivity contribution in [1.29, 1.82) is 0 Å². The van der Waals surface area contributed by atoms with Crippen LogP contribution in [0.25, 0.3) is 0 Å². The van der Waals surface area contributed by atoms with Crippen molar-refractivity contribution in [2.45, 2.75) is 6.42 Å². The van der Waals surface area contributed by atoms with E-state index in [2.05, 4.69) is 9.97 Å². The number of anilines is 1. The average molecular weight is 225 g/mol. The lowest BCUT2D eigenvalue weighted by molar-refractivity contribution is 0.152. The van der Waals surface area contributed by atoms with E-state index < -0.39 is 0 Å². The number of nitrogens with zero attached hydrogens (tertiary/aromatic N) is 2. The molecule has 0 bridgehead atoms. The molecule has 0 unspecified atom stereocenters. The predicted octanol–water partition coefficient (Wildman–Crippen LogP) is 0.00520. The lowest BCUT2D eigenvalue weighted by Crippen LogP contribution is -2.29. The molecule has 2 rings (SSSR count). The SMILES string of the molecule is COc1c(N2CCCOCC2)nc[nH]c1=O. The van der Waals surface area contributed by atoms with Gasteiger partial charge in [-0.2, -0.15) is 0 Å². The van der Waals surface area contributed by atoms with E-state index in [9.17, 15) is 4.79 Å². The molecule has 1 N–H and O–H groups in total. The molecule has 1 fully saturated rings. The molecule has 2 heterocycles. The number of ether oxygens (including phenoxy) is 2. The Kier molecular flexibility index (Phi) is 3.40. The molecule has 6 heteroatoms. The Morgan fingerprint density at radius 3 is 3.19 bits per heavy atom. The lowest BCUT2D eigenvalue weighted by Gasteiger charge is -2.21. The van der Waals surface area contributed by atoms with Crippen LogP contribution in [0.5, 0.6) is 5.75 Å². The highest BCUT2D eigenvalue weighted by atomic mass is 16.5. The van der Waals surface area contributed by atoms with Crippen LogP contribution in [0.1, 0.15) is 6.42 Å². The van der Waals surface area contributed by atoms with E-state index in [0.717, 1.165) is 26.1 Å². The molecule has 1 aliphatic rings. The maximum Gasteiger partial charge on any atom is 0.295 e. The van der Waals surface area contributed by atoms with Crippen molar-refractivity contribution in [2.75, 3.05) is 38.3 Å². The third-order valence-electron chi connectivity index (χ3n) is 2.52. The topological polar surface area (TPSA) is 67.5 Å². The Labute approximate surface area is 93.2 Å². The molecule has 0 amide bonds. The van der Waals surface area contributed by atoms with Gasteiger partial charge in [-0.25, -0.2) is 4.98 Å². The summed E-state index contributed by atoms with van der Waals surface area (Å²) in [6.45, 7) is 2.96. The Morgan fingerprint density at radius 1 is 1.50 bits per heavy atom. The number of hydrogen-bond acceptors (Lipinski definition) is 5. The molecule has 1 saturated heterocycles. The van der Waals surface area contributed by atoms with Gasteiger partial charge in [-0.15, -0.1) is 0 Å². The number of rotatable bonds is 2. The average Bonchev–Trinajstić information content (AvgIpc) is 2.57. The molecule has 0 atom stereocenters. The minimum Gasteiger partial charge on any atom is -0.489 e. The van der Waals surface area contributed by atoms with E-state index in [1.807, 2.05) is 4.90 Å². The van der Waals surface area contributed by atoms with Gasteiger partial charge in [0.25, 0.3) is 5.56 Å². The summed E-state index contributed by atoms with van der Waals surface area (Å²) in [6.07, 6.45) is 2.32. The highest BCUT2D eigenvalue weighted by Gasteiger charge is 2.17. The van der Waals surface area contributed by atoms with Gasteiger partial charge in [-0.1, -0.05) is 0 Å². The summed E-state index contributed by atoms with van der Waals surface area (Å²) in [5.41, 5.74) is -0.252. The second-order valence-electron chi connectivity index (χ2n) is 3.54. The normalized spacial score (nSPS) is 16.9. The molecule has 0 aromatic carbocycles. The van der Waals surface area contributed by atoms with Crippen molar-refractivity contribution in [2.24, 2.45) is 0 Å². The van der Waals surface area contributed by atoms with Crippen LogP contribution in [-0.4, -0.2) is 43.4 Å². The molecule has 16 heavy (non-hydrogen) atoms. The van der Waals surface area contributed by atoms with E-state index in [0.29, 0.717) is 12.4 Å². The predicted molar refractivity (Wildman–Crippen MR) is 59.1 cm³/mol. The lowest BCUT2D eigenvalue weighted by atomic mass is 10.3. The van der Waals surface area contributed by atoms with Crippen LogP contribution in [0.15, 0.2) is 11.1 Å². The van der Waals surface area contributed by atoms with Crippen LogP contribution in [0.2, 0.25) is 0 Å². The standard InChI is InChI=1S/C10H15N3O3/c1-15-8-9(11-7-12-10(8)14)13-3-2-5-16-6-4-13/h7H,2-6H2,1H3,(H,11,12,14). The van der Waals surface area contributed by atoms with Crippen LogP contribution in [0, 0.1) is 0 Å². The fraction of sp³-hybridized carbons (Fsp3) is 0.600. The summed E-state index contributed by atoms with van der Waals surface area (Å²) in [6, 6.07) is 0. The van der Waals surface area contributed by atoms with Crippen molar-refractivity contribution in [3.8, 4) is 5.75 Å². The van der Waals surface area contributed by atoms with E-state index >= 15 is 0 Å². The minimum atomic E-state index is -0.252. The first kappa shape index (κ1) is 10.9. The molecule has 1 aliphatic heterocycles. The van der Waals surface area contributed by atoms with Gasteiger partial charge < -0.3 is 19.4 Å². The van der Waals surface area contributed by atoms with Gasteiger partial charge >= 0.3 is 0 Å². The van der Waals surface area contributed by atoms with E-state index in [-0.39, 0.29) is 11.3 Å². The van der Waals surface area contributed by atoms with Crippen molar-refractivity contribution < 1.29 is 9.47 Å². The number of hydrogen-bond donors (Lipinski definition) is 1. The van der Waals surface area contributed by atoms with Gasteiger partial charge in [0.15, 0.2) is 5.82 Å². The molecule has 0 radical (unpaired) electrons. The van der Waals surface area contributed by atoms with Crippen LogP contribution in [0.4, 0.5) is 5.82 Å². The van der Waals surface area contributed by atoms with Crippen LogP contribution in [0.3, 0.4) is 0 Å². The first-order valence-corrected chi connectivity index (χ1v) is 5.27. The van der Waals surface area contributed by atoms with Crippen LogP contribution >= 0.6 is 0 Å². The largest absolute Gasteiger partial charge is 0.489 e. The summed E-state index contributed by atoms with van der Waals surface area (Å²) in [5.74, 6) is 0.862. The molecule has 0 spiro atoms. The highest BCUT2D eigenvalue weighted by molar-refractivity contribution is 5.50. The monoisotopic (exact) mass is 225 g/mol. The molecular formula is C10H15N3O3. The first-order chi connectivity index (χ1) is 7.83. The number of aromatic amines is 1. The molecule has 1 aromatic heterocycles. The Balaban J connectivity index is 2.30. The highest BCUT2D eigenvalue weighted by Crippen LogP contribution is 2.20. The Bertz CT molecular complexity index is 397. The van der Waals surface area contributed by atoms with Gasteiger partial charge in [-0.3, -0.25) is 4.79 Å². The van der Waals surface area contributed by atoms with Gasteiger partial charge in [0.05, 0.1) is 20.0 Å². The fourth-order valence-electron chi connectivity index (χ4n) is 1.74. The molecule has 0 saturated carbocycles. The number of methoxy groups -OCH3 is 1. The maximum absolute atomic E-state index is 11.5. The molecule has 1 aromatic rings. The molecular weight excluding hydrogens is 210 g/mol. The summed E-state index contributed by atoms with van der Waals surface area (Å²) in [7, 11) is 1.48. The van der Waals surface area contributed by atoms with Crippen molar-refractivity contribution in [3.63, 3.8) is 0 Å². The van der Waals surface area contributed by atoms with Gasteiger partial charge in [0.1, 0.15) is 0 Å². The third-order valence-corrected chi connectivity index (χ3v) is 2.52. The zero-order chi connectivity index (χ0) is 11.4.